The van der Waals surface area contributed by atoms with Crippen molar-refractivity contribution in [3.8, 4) is 0 Å². The lowest BCUT2D eigenvalue weighted by atomic mass is 9.45. The number of alkyl halides is 1. The number of benzene rings is 1. The minimum atomic E-state index is 0.646. The molecule has 0 N–H and O–H groups in total. The largest absolute Gasteiger partial charge is 0.292 e. The Morgan fingerprint density at radius 2 is 1.41 bits per heavy atom. The number of hydrogen-bond donors (Lipinski definition) is 0. The zero-order valence-electron chi connectivity index (χ0n) is 18.2. The van der Waals surface area contributed by atoms with Gasteiger partial charge in [0.15, 0.2) is 0 Å². The summed E-state index contributed by atoms with van der Waals surface area (Å²) in [4.78, 5) is 2.75. The molecule has 1 aromatic carbocycles. The van der Waals surface area contributed by atoms with Crippen molar-refractivity contribution < 1.29 is 0 Å². The fraction of sp³-hybridized carbons (Fsp3) is 0.778. The van der Waals surface area contributed by atoms with Crippen molar-refractivity contribution in [2.75, 3.05) is 13.1 Å². The summed E-state index contributed by atoms with van der Waals surface area (Å²) in [6.07, 6.45) is 19.3. The van der Waals surface area contributed by atoms with E-state index in [9.17, 15) is 0 Å². The molecule has 0 amide bonds. The van der Waals surface area contributed by atoms with E-state index >= 15 is 0 Å². The second-order valence-corrected chi connectivity index (χ2v) is 12.5. The number of halogens is 1. The Morgan fingerprint density at radius 1 is 0.828 bits per heavy atom. The maximum atomic E-state index is 2.75. The Morgan fingerprint density at radius 3 is 2.03 bits per heavy atom. The van der Waals surface area contributed by atoms with E-state index in [1.165, 1.54) is 58.0 Å². The summed E-state index contributed by atoms with van der Waals surface area (Å²) in [5.74, 6) is 4.00. The molecule has 0 aromatic heterocycles. The molecule has 4 bridgehead atoms. The zero-order valence-corrected chi connectivity index (χ0v) is 20.4. The van der Waals surface area contributed by atoms with Crippen LogP contribution in [-0.4, -0.2) is 22.0 Å². The van der Waals surface area contributed by atoms with Crippen LogP contribution >= 0.6 is 22.6 Å². The van der Waals surface area contributed by atoms with Crippen LogP contribution in [-0.2, 0) is 0 Å². The van der Waals surface area contributed by atoms with Crippen LogP contribution in [0.15, 0.2) is 30.3 Å². The van der Waals surface area contributed by atoms with E-state index < -0.39 is 0 Å². The summed E-state index contributed by atoms with van der Waals surface area (Å²) in [5.41, 5.74) is 2.31. The number of rotatable bonds is 8. The number of likely N-dealkylation sites (tertiary alicyclic amines) is 1. The fourth-order valence-electron chi connectivity index (χ4n) is 8.16. The van der Waals surface area contributed by atoms with Gasteiger partial charge in [-0.25, -0.2) is 0 Å². The normalized spacial score (nSPS) is 36.2. The third-order valence-electron chi connectivity index (χ3n) is 9.00. The summed E-state index contributed by atoms with van der Waals surface area (Å²) in [6, 6.07) is 11.7. The number of unbranched alkanes of at least 4 members (excludes halogenated alkanes) is 1. The van der Waals surface area contributed by atoms with Crippen molar-refractivity contribution >= 4 is 22.6 Å². The van der Waals surface area contributed by atoms with Gasteiger partial charge in [-0.2, -0.15) is 0 Å². The van der Waals surface area contributed by atoms with Crippen LogP contribution in [0.5, 0.6) is 0 Å². The lowest BCUT2D eigenvalue weighted by Gasteiger charge is -2.60. The average Bonchev–Trinajstić information content (AvgIpc) is 2.73. The highest BCUT2D eigenvalue weighted by Gasteiger charge is 2.54. The third kappa shape index (κ3) is 4.59. The molecule has 1 saturated heterocycles. The minimum Gasteiger partial charge on any atom is -0.292 e. The molecule has 6 rings (SSSR count). The van der Waals surface area contributed by atoms with Gasteiger partial charge in [-0.05, 0) is 112 Å². The molecule has 160 valence electrons. The molecule has 29 heavy (non-hydrogen) atoms. The molecule has 0 spiro atoms. The predicted octanol–water partition coefficient (Wildman–Crippen LogP) is 7.79. The summed E-state index contributed by atoms with van der Waals surface area (Å²) >= 11 is 2.73. The van der Waals surface area contributed by atoms with Crippen molar-refractivity contribution in [3.63, 3.8) is 0 Å². The first-order chi connectivity index (χ1) is 14.2. The maximum absolute atomic E-state index is 2.75. The second-order valence-electron chi connectivity index (χ2n) is 11.1. The molecule has 5 fully saturated rings. The summed E-state index contributed by atoms with van der Waals surface area (Å²) < 4.78 is 0.766. The molecule has 1 aromatic rings. The van der Waals surface area contributed by atoms with Crippen LogP contribution in [0, 0.1) is 23.2 Å². The quantitative estimate of drug-likeness (QED) is 0.151. The molecule has 1 nitrogen and oxygen atoms in total. The number of nitrogens with zero attached hydrogens (tertiary/aromatic N) is 1. The van der Waals surface area contributed by atoms with Crippen molar-refractivity contribution in [2.24, 2.45) is 23.2 Å². The SMILES string of the molecule is IC(CCCCC(c1ccccc1)C12CC3CC(CC(C3)C1)C2)N1CCCCC1. The first-order valence-corrected chi connectivity index (χ1v) is 13.9. The molecule has 0 radical (unpaired) electrons. The van der Waals surface area contributed by atoms with Crippen molar-refractivity contribution in [2.45, 2.75) is 93.4 Å². The van der Waals surface area contributed by atoms with Gasteiger partial charge in [-0.1, -0.05) is 72.2 Å². The van der Waals surface area contributed by atoms with Crippen LogP contribution < -0.4 is 0 Å². The first kappa shape index (κ1) is 20.8. The van der Waals surface area contributed by atoms with Gasteiger partial charge in [-0.15, -0.1) is 0 Å². The first-order valence-electron chi connectivity index (χ1n) is 12.6. The lowest BCUT2D eigenvalue weighted by molar-refractivity contribution is -0.0705. The average molecular weight is 506 g/mol. The van der Waals surface area contributed by atoms with E-state index in [0.29, 0.717) is 5.41 Å². The van der Waals surface area contributed by atoms with Gasteiger partial charge in [-0.3, -0.25) is 4.90 Å². The summed E-state index contributed by atoms with van der Waals surface area (Å²) in [5, 5.41) is 0. The molecule has 1 heterocycles. The van der Waals surface area contributed by atoms with Gasteiger partial charge in [0.1, 0.15) is 0 Å². The van der Waals surface area contributed by atoms with Crippen molar-refractivity contribution in [3.05, 3.63) is 35.9 Å². The highest BCUT2D eigenvalue weighted by Crippen LogP contribution is 2.65. The fourth-order valence-corrected chi connectivity index (χ4v) is 9.16. The second kappa shape index (κ2) is 9.18. The van der Waals surface area contributed by atoms with Gasteiger partial charge in [0.05, 0.1) is 4.05 Å². The van der Waals surface area contributed by atoms with E-state index in [-0.39, 0.29) is 0 Å². The number of piperidine rings is 1. The van der Waals surface area contributed by atoms with E-state index in [1.807, 2.05) is 0 Å². The Balaban J connectivity index is 1.23. The van der Waals surface area contributed by atoms with Crippen LogP contribution in [0.1, 0.15) is 95.0 Å². The van der Waals surface area contributed by atoms with Gasteiger partial charge >= 0.3 is 0 Å². The van der Waals surface area contributed by atoms with E-state index in [0.717, 1.165) is 27.7 Å². The van der Waals surface area contributed by atoms with Crippen LogP contribution in [0.4, 0.5) is 0 Å². The monoisotopic (exact) mass is 505 g/mol. The van der Waals surface area contributed by atoms with Gasteiger partial charge in [0, 0.05) is 0 Å². The maximum Gasteiger partial charge on any atom is 0.0618 e. The smallest absolute Gasteiger partial charge is 0.0618 e. The Hall–Kier alpha value is -0.0900. The minimum absolute atomic E-state index is 0.646. The van der Waals surface area contributed by atoms with Crippen LogP contribution in [0.2, 0.25) is 0 Å². The topological polar surface area (TPSA) is 3.24 Å². The molecule has 1 aliphatic heterocycles. The summed E-state index contributed by atoms with van der Waals surface area (Å²) in [7, 11) is 0. The van der Waals surface area contributed by atoms with Crippen molar-refractivity contribution in [1.29, 1.82) is 0 Å². The lowest BCUT2D eigenvalue weighted by Crippen LogP contribution is -2.48. The van der Waals surface area contributed by atoms with Crippen LogP contribution in [0.25, 0.3) is 0 Å². The molecular formula is C27H40IN. The van der Waals surface area contributed by atoms with Gasteiger partial charge in [0.2, 0.25) is 0 Å². The Bertz CT molecular complexity index is 614. The van der Waals surface area contributed by atoms with Gasteiger partial charge in [0.25, 0.3) is 0 Å². The molecular weight excluding hydrogens is 465 g/mol. The van der Waals surface area contributed by atoms with E-state index in [1.54, 1.807) is 44.1 Å². The van der Waals surface area contributed by atoms with E-state index in [4.69, 9.17) is 0 Å². The van der Waals surface area contributed by atoms with Crippen LogP contribution in [0.3, 0.4) is 0 Å². The predicted molar refractivity (Wildman–Crippen MR) is 131 cm³/mol. The summed E-state index contributed by atoms with van der Waals surface area (Å²) in [6.45, 7) is 2.68. The third-order valence-corrected chi connectivity index (χ3v) is 10.4. The molecule has 5 aliphatic rings. The zero-order chi connectivity index (χ0) is 19.7. The Kier molecular flexibility index (Phi) is 6.59. The molecule has 4 saturated carbocycles. The van der Waals surface area contributed by atoms with E-state index in [2.05, 4.69) is 57.8 Å². The molecule has 2 heteroatoms. The standard InChI is InChI=1S/C27H40IN/c28-26(29-13-7-2-8-14-29)12-6-5-11-25(24-9-3-1-4-10-24)27-18-21-15-22(19-27)17-23(16-21)20-27/h1,3-4,9-10,21-23,25-26H,2,5-8,11-20H2. The highest BCUT2D eigenvalue weighted by molar-refractivity contribution is 14.1. The molecule has 4 aliphatic carbocycles. The highest BCUT2D eigenvalue weighted by atomic mass is 127. The van der Waals surface area contributed by atoms with Crippen molar-refractivity contribution in [1.82, 2.24) is 4.90 Å². The molecule has 2 atom stereocenters. The Labute approximate surface area is 192 Å². The number of hydrogen-bond acceptors (Lipinski definition) is 1. The van der Waals surface area contributed by atoms with Gasteiger partial charge < -0.3 is 0 Å². The molecule has 2 unspecified atom stereocenters.